The summed E-state index contributed by atoms with van der Waals surface area (Å²) in [7, 11) is 0. The topological polar surface area (TPSA) is 113 Å². The largest absolute Gasteiger partial charge is 0.511 e. The normalized spacial score (nSPS) is 14.5. The highest BCUT2D eigenvalue weighted by Crippen LogP contribution is 2.26. The van der Waals surface area contributed by atoms with Crippen LogP contribution in [0.5, 0.6) is 0 Å². The number of ether oxygens (including phenoxy) is 4. The van der Waals surface area contributed by atoms with E-state index in [9.17, 15) is 14.4 Å². The van der Waals surface area contributed by atoms with Crippen LogP contribution in [0.25, 0.3) is 0 Å². The molecule has 1 heterocycles. The second-order valence-corrected chi connectivity index (χ2v) is 8.13. The molecule has 0 aromatic rings. The summed E-state index contributed by atoms with van der Waals surface area (Å²) in [4.78, 5) is 45.0. The first-order valence-corrected chi connectivity index (χ1v) is 8.65. The molecule has 0 aromatic carbocycles. The van der Waals surface area contributed by atoms with Crippen molar-refractivity contribution in [1.29, 1.82) is 0 Å². The Labute approximate surface area is 164 Å². The molecule has 0 spiro atoms. The van der Waals surface area contributed by atoms with Crippen LogP contribution >= 0.6 is 0 Å². The Hall–Kier alpha value is -2.55. The van der Waals surface area contributed by atoms with Gasteiger partial charge in [0.15, 0.2) is 5.78 Å². The SMILES string of the molecule is CC(C(=O)/C=C(\C)C(=O)OC(C)(C)OC(C)(C)OC(=O)OC(C)(C)C)=C1OO1. The van der Waals surface area contributed by atoms with Crippen LogP contribution in [0.15, 0.2) is 23.2 Å². The lowest BCUT2D eigenvalue weighted by Crippen LogP contribution is -2.44. The van der Waals surface area contributed by atoms with Crippen molar-refractivity contribution in [1.82, 2.24) is 0 Å². The molecule has 0 N–H and O–H groups in total. The molecule has 158 valence electrons. The molecule has 1 aliphatic heterocycles. The van der Waals surface area contributed by atoms with E-state index in [0.29, 0.717) is 0 Å². The van der Waals surface area contributed by atoms with E-state index >= 15 is 0 Å². The lowest BCUT2D eigenvalue weighted by molar-refractivity contribution is -0.310. The molecule has 0 unspecified atom stereocenters. The van der Waals surface area contributed by atoms with Crippen LogP contribution in [0, 0.1) is 0 Å². The van der Waals surface area contributed by atoms with Gasteiger partial charge in [0.05, 0.1) is 5.57 Å². The van der Waals surface area contributed by atoms with E-state index in [1.165, 1.54) is 41.5 Å². The number of carbonyl (C=O) groups is 3. The van der Waals surface area contributed by atoms with E-state index in [-0.39, 0.29) is 17.1 Å². The van der Waals surface area contributed by atoms with Crippen LogP contribution in [0.4, 0.5) is 4.79 Å². The number of carbonyl (C=O) groups excluding carboxylic acids is 3. The van der Waals surface area contributed by atoms with E-state index in [4.69, 9.17) is 18.9 Å². The number of hydrogen-bond donors (Lipinski definition) is 0. The highest BCUT2D eigenvalue weighted by molar-refractivity contribution is 6.08. The molecule has 9 nitrogen and oxygen atoms in total. The summed E-state index contributed by atoms with van der Waals surface area (Å²) in [6.45, 7) is 13.9. The molecule has 0 aliphatic carbocycles. The molecule has 9 heteroatoms. The number of hydrogen-bond acceptors (Lipinski definition) is 9. The molecule has 0 radical (unpaired) electrons. The first kappa shape index (κ1) is 23.5. The number of esters is 1. The minimum atomic E-state index is -1.46. The van der Waals surface area contributed by atoms with Gasteiger partial charge in [0.1, 0.15) is 5.60 Å². The average Bonchev–Trinajstić information content (AvgIpc) is 3.25. The molecular weight excluding hydrogens is 372 g/mol. The van der Waals surface area contributed by atoms with E-state index in [0.717, 1.165) is 6.08 Å². The monoisotopic (exact) mass is 400 g/mol. The molecule has 0 atom stereocenters. The third-order valence-corrected chi connectivity index (χ3v) is 3.06. The molecule has 0 saturated carbocycles. The Morgan fingerprint density at radius 3 is 1.79 bits per heavy atom. The number of rotatable bonds is 7. The summed E-state index contributed by atoms with van der Waals surface area (Å²) in [6, 6.07) is 0. The third kappa shape index (κ3) is 8.43. The summed E-state index contributed by atoms with van der Waals surface area (Å²) in [5.41, 5.74) is -0.448. The lowest BCUT2D eigenvalue weighted by Gasteiger charge is -2.35. The zero-order valence-corrected chi connectivity index (χ0v) is 17.8. The van der Waals surface area contributed by atoms with Crippen LogP contribution < -0.4 is 0 Å². The van der Waals surface area contributed by atoms with E-state index in [1.807, 2.05) is 0 Å². The van der Waals surface area contributed by atoms with Crippen molar-refractivity contribution in [2.45, 2.75) is 79.5 Å². The molecule has 1 aliphatic rings. The van der Waals surface area contributed by atoms with Crippen LogP contribution in [0.3, 0.4) is 0 Å². The van der Waals surface area contributed by atoms with Crippen LogP contribution in [0.1, 0.15) is 62.3 Å². The summed E-state index contributed by atoms with van der Waals surface area (Å²) < 4.78 is 21.1. The Kier molecular flexibility index (Phi) is 6.89. The maximum atomic E-state index is 12.3. The first-order valence-electron chi connectivity index (χ1n) is 8.65. The second kappa shape index (κ2) is 8.22. The van der Waals surface area contributed by atoms with Gasteiger partial charge in [-0.15, -0.1) is 0 Å². The minimum Gasteiger partial charge on any atom is -0.430 e. The fourth-order valence-electron chi connectivity index (χ4n) is 2.02. The Balaban J connectivity index is 2.70. The van der Waals surface area contributed by atoms with Crippen molar-refractivity contribution in [2.75, 3.05) is 0 Å². The predicted molar refractivity (Wildman–Crippen MR) is 96.3 cm³/mol. The van der Waals surface area contributed by atoms with Gasteiger partial charge in [-0.1, -0.05) is 0 Å². The second-order valence-electron chi connectivity index (χ2n) is 8.13. The highest BCUT2D eigenvalue weighted by atomic mass is 17.4. The van der Waals surface area contributed by atoms with E-state index in [1.54, 1.807) is 20.8 Å². The zero-order valence-electron chi connectivity index (χ0n) is 17.8. The van der Waals surface area contributed by atoms with Crippen molar-refractivity contribution >= 4 is 17.9 Å². The smallest absolute Gasteiger partial charge is 0.430 e. The molecule has 0 aromatic heterocycles. The quantitative estimate of drug-likeness (QED) is 0.207. The fraction of sp³-hybridized carbons (Fsp3) is 0.632. The van der Waals surface area contributed by atoms with Gasteiger partial charge in [-0.2, -0.15) is 0 Å². The summed E-state index contributed by atoms with van der Waals surface area (Å²) in [5, 5.41) is 0. The molecule has 0 bridgehead atoms. The standard InChI is InChI=1S/C19H28O9/c1-11(10-13(20)12(2)15-26-27-15)14(21)23-18(6,7)28-19(8,9)25-16(22)24-17(3,4)5/h10H,1-9H3/b11-10+. The van der Waals surface area contributed by atoms with Crippen molar-refractivity contribution in [3.8, 4) is 0 Å². The van der Waals surface area contributed by atoms with Crippen LogP contribution in [-0.4, -0.2) is 35.1 Å². The summed E-state index contributed by atoms with van der Waals surface area (Å²) >= 11 is 0. The van der Waals surface area contributed by atoms with Gasteiger partial charge in [0.2, 0.25) is 11.6 Å². The predicted octanol–water partition coefficient (Wildman–Crippen LogP) is 3.68. The first-order chi connectivity index (χ1) is 12.5. The minimum absolute atomic E-state index is 0.0492. The summed E-state index contributed by atoms with van der Waals surface area (Å²) in [6.07, 6.45) is 0.183. The molecule has 0 amide bonds. The van der Waals surface area contributed by atoms with Gasteiger partial charge in [-0.05, 0) is 40.7 Å². The Morgan fingerprint density at radius 1 is 0.821 bits per heavy atom. The van der Waals surface area contributed by atoms with Crippen molar-refractivity contribution in [3.05, 3.63) is 23.2 Å². The van der Waals surface area contributed by atoms with Crippen LogP contribution in [-0.2, 0) is 38.3 Å². The maximum absolute atomic E-state index is 12.3. The highest BCUT2D eigenvalue weighted by Gasteiger charge is 2.37. The fourth-order valence-corrected chi connectivity index (χ4v) is 2.02. The average molecular weight is 400 g/mol. The van der Waals surface area contributed by atoms with Crippen molar-refractivity contribution in [2.24, 2.45) is 0 Å². The molecule has 1 rings (SSSR count). The van der Waals surface area contributed by atoms with Gasteiger partial charge in [0, 0.05) is 33.3 Å². The van der Waals surface area contributed by atoms with Gasteiger partial charge < -0.3 is 14.2 Å². The lowest BCUT2D eigenvalue weighted by atomic mass is 10.1. The molecule has 28 heavy (non-hydrogen) atoms. The Morgan fingerprint density at radius 2 is 1.32 bits per heavy atom. The maximum Gasteiger partial charge on any atom is 0.511 e. The van der Waals surface area contributed by atoms with Crippen molar-refractivity contribution < 1.29 is 43.1 Å². The third-order valence-electron chi connectivity index (χ3n) is 3.06. The molecular formula is C19H28O9. The number of ketones is 1. The van der Waals surface area contributed by atoms with Crippen molar-refractivity contribution in [3.63, 3.8) is 0 Å². The molecule has 1 fully saturated rings. The van der Waals surface area contributed by atoms with Gasteiger partial charge >= 0.3 is 18.1 Å². The van der Waals surface area contributed by atoms with E-state index in [2.05, 4.69) is 9.78 Å². The van der Waals surface area contributed by atoms with Gasteiger partial charge in [0.25, 0.3) is 0 Å². The number of allylic oxidation sites excluding steroid dienone is 2. The Bertz CT molecular complexity index is 699. The van der Waals surface area contributed by atoms with Gasteiger partial charge in [-0.25, -0.2) is 19.4 Å². The van der Waals surface area contributed by atoms with E-state index < -0.39 is 35.1 Å². The summed E-state index contributed by atoms with van der Waals surface area (Å²) in [5.74, 6) is -4.01. The zero-order chi connectivity index (χ0) is 21.9. The molecule has 1 saturated heterocycles. The van der Waals surface area contributed by atoms with Gasteiger partial charge in [-0.3, -0.25) is 9.53 Å². The van der Waals surface area contributed by atoms with Crippen LogP contribution in [0.2, 0.25) is 0 Å².